The van der Waals surface area contributed by atoms with Crippen molar-refractivity contribution in [3.05, 3.63) is 70.7 Å². The number of carbonyl (C=O) groups excluding carboxylic acids is 1. The molecule has 9 nitrogen and oxygen atoms in total. The van der Waals surface area contributed by atoms with Crippen LogP contribution in [0.1, 0.15) is 64.8 Å². The third kappa shape index (κ3) is 6.96. The number of hydrogen-bond donors (Lipinski definition) is 3. The average Bonchev–Trinajstić information content (AvgIpc) is 3.36. The highest BCUT2D eigenvalue weighted by molar-refractivity contribution is 5.94. The lowest BCUT2D eigenvalue weighted by Crippen LogP contribution is -2.42. The van der Waals surface area contributed by atoms with Gasteiger partial charge in [0.25, 0.3) is 5.91 Å². The maximum absolute atomic E-state index is 12.8. The standard InChI is InChI=1S/C30H40N6O3/c1-21-27-12-15-36(18-23(27)8-9-28(21)39-20-25-11-14-33-35(25)2)19-26(37)17-32-30(38)22-10-13-31-29(16-22)34-24-6-4-3-5-7-24/h8-11,13-14,16,24,26,37H,3-7,12,15,17-20H2,1-2H3,(H,31,34)(H,32,38)/t26-/m0/s1. The Bertz CT molecular complexity index is 1270. The van der Waals surface area contributed by atoms with Crippen molar-refractivity contribution in [3.63, 3.8) is 0 Å². The third-order valence-electron chi connectivity index (χ3n) is 7.96. The average molecular weight is 533 g/mol. The molecule has 1 atom stereocenters. The van der Waals surface area contributed by atoms with Crippen LogP contribution in [0.2, 0.25) is 0 Å². The minimum absolute atomic E-state index is 0.193. The maximum Gasteiger partial charge on any atom is 0.251 e. The lowest BCUT2D eigenvalue weighted by atomic mass is 9.94. The lowest BCUT2D eigenvalue weighted by molar-refractivity contribution is 0.0841. The molecule has 1 saturated carbocycles. The largest absolute Gasteiger partial charge is 0.487 e. The summed E-state index contributed by atoms with van der Waals surface area (Å²) in [6.07, 6.45) is 9.75. The smallest absolute Gasteiger partial charge is 0.251 e. The molecule has 0 unspecified atom stereocenters. The molecule has 5 rings (SSSR count). The molecule has 39 heavy (non-hydrogen) atoms. The fourth-order valence-corrected chi connectivity index (χ4v) is 5.67. The molecule has 1 aromatic carbocycles. The Morgan fingerprint density at radius 2 is 2.03 bits per heavy atom. The first-order valence-corrected chi connectivity index (χ1v) is 14.1. The number of benzene rings is 1. The van der Waals surface area contributed by atoms with E-state index in [0.717, 1.165) is 49.6 Å². The number of fused-ring (bicyclic) bond motifs is 1. The number of β-amino-alcohol motifs (C(OH)–C–C–N with tert-alkyl or cyclic N) is 1. The number of carbonyl (C=O) groups is 1. The Morgan fingerprint density at radius 3 is 2.82 bits per heavy atom. The molecule has 2 aliphatic rings. The van der Waals surface area contributed by atoms with Crippen LogP contribution >= 0.6 is 0 Å². The zero-order valence-electron chi connectivity index (χ0n) is 23.0. The predicted molar refractivity (Wildman–Crippen MR) is 151 cm³/mol. The molecule has 3 aromatic rings. The van der Waals surface area contributed by atoms with Crippen molar-refractivity contribution in [1.82, 2.24) is 25.0 Å². The number of anilines is 1. The monoisotopic (exact) mass is 532 g/mol. The highest BCUT2D eigenvalue weighted by atomic mass is 16.5. The highest BCUT2D eigenvalue weighted by Crippen LogP contribution is 2.30. The summed E-state index contributed by atoms with van der Waals surface area (Å²) in [5.74, 6) is 1.45. The van der Waals surface area contributed by atoms with Gasteiger partial charge in [-0.05, 0) is 67.1 Å². The van der Waals surface area contributed by atoms with Crippen molar-refractivity contribution >= 4 is 11.7 Å². The summed E-state index contributed by atoms with van der Waals surface area (Å²) >= 11 is 0. The number of hydrogen-bond acceptors (Lipinski definition) is 7. The molecule has 1 aliphatic carbocycles. The number of rotatable bonds is 10. The van der Waals surface area contributed by atoms with E-state index >= 15 is 0 Å². The van der Waals surface area contributed by atoms with E-state index in [0.29, 0.717) is 24.8 Å². The Morgan fingerprint density at radius 1 is 1.18 bits per heavy atom. The van der Waals surface area contributed by atoms with Crippen molar-refractivity contribution in [2.24, 2.45) is 7.05 Å². The summed E-state index contributed by atoms with van der Waals surface area (Å²) in [5, 5.41) is 21.2. The molecular formula is C30H40N6O3. The van der Waals surface area contributed by atoms with Crippen LogP contribution in [0, 0.1) is 6.92 Å². The molecular weight excluding hydrogens is 492 g/mol. The molecule has 1 amide bonds. The van der Waals surface area contributed by atoms with Gasteiger partial charge in [-0.3, -0.25) is 14.4 Å². The first kappa shape index (κ1) is 27.1. The van der Waals surface area contributed by atoms with Gasteiger partial charge in [0, 0.05) is 57.2 Å². The quantitative estimate of drug-likeness (QED) is 0.367. The van der Waals surface area contributed by atoms with Crippen LogP contribution in [0.25, 0.3) is 0 Å². The fraction of sp³-hybridized carbons (Fsp3) is 0.500. The van der Waals surface area contributed by atoms with Crippen molar-refractivity contribution in [2.45, 2.75) is 70.7 Å². The van der Waals surface area contributed by atoms with Gasteiger partial charge in [0.15, 0.2) is 0 Å². The fourth-order valence-electron chi connectivity index (χ4n) is 5.67. The summed E-state index contributed by atoms with van der Waals surface area (Å²) in [6.45, 7) is 4.93. The number of nitrogens with zero attached hydrogens (tertiary/aromatic N) is 4. The number of ether oxygens (including phenoxy) is 1. The van der Waals surface area contributed by atoms with Crippen LogP contribution in [-0.2, 0) is 26.6 Å². The van der Waals surface area contributed by atoms with Crippen LogP contribution in [0.15, 0.2) is 42.7 Å². The number of aromatic nitrogens is 3. The summed E-state index contributed by atoms with van der Waals surface area (Å²) in [6, 6.07) is 10.1. The van der Waals surface area contributed by atoms with Crippen LogP contribution in [0.5, 0.6) is 5.75 Å². The van der Waals surface area contributed by atoms with Crippen LogP contribution in [0.3, 0.4) is 0 Å². The highest BCUT2D eigenvalue weighted by Gasteiger charge is 2.22. The zero-order chi connectivity index (χ0) is 27.2. The van der Waals surface area contributed by atoms with E-state index in [2.05, 4.69) is 38.6 Å². The van der Waals surface area contributed by atoms with Gasteiger partial charge in [0.2, 0.25) is 0 Å². The van der Waals surface area contributed by atoms with Gasteiger partial charge in [0.05, 0.1) is 11.8 Å². The summed E-state index contributed by atoms with van der Waals surface area (Å²) < 4.78 is 7.92. The van der Waals surface area contributed by atoms with Crippen molar-refractivity contribution in [1.29, 1.82) is 0 Å². The topological polar surface area (TPSA) is 105 Å². The van der Waals surface area contributed by atoms with E-state index in [4.69, 9.17) is 4.74 Å². The Hall–Kier alpha value is -3.43. The van der Waals surface area contributed by atoms with Crippen LogP contribution < -0.4 is 15.4 Å². The summed E-state index contributed by atoms with van der Waals surface area (Å²) in [7, 11) is 1.91. The first-order chi connectivity index (χ1) is 19.0. The van der Waals surface area contributed by atoms with Gasteiger partial charge < -0.3 is 20.5 Å². The number of pyridine rings is 1. The second-order valence-corrected chi connectivity index (χ2v) is 10.8. The second kappa shape index (κ2) is 12.6. The second-order valence-electron chi connectivity index (χ2n) is 10.8. The molecule has 1 aliphatic heterocycles. The Kier molecular flexibility index (Phi) is 8.78. The molecule has 0 bridgehead atoms. The van der Waals surface area contributed by atoms with Gasteiger partial charge in [0.1, 0.15) is 18.2 Å². The van der Waals surface area contributed by atoms with Gasteiger partial charge >= 0.3 is 0 Å². The molecule has 0 spiro atoms. The zero-order valence-corrected chi connectivity index (χ0v) is 23.0. The number of amides is 1. The molecule has 208 valence electrons. The van der Waals surface area contributed by atoms with E-state index in [9.17, 15) is 9.90 Å². The van der Waals surface area contributed by atoms with E-state index in [1.807, 2.05) is 23.9 Å². The van der Waals surface area contributed by atoms with Crippen LogP contribution in [0.4, 0.5) is 5.82 Å². The van der Waals surface area contributed by atoms with Crippen molar-refractivity contribution < 1.29 is 14.6 Å². The molecule has 0 saturated heterocycles. The molecule has 0 radical (unpaired) electrons. The van der Waals surface area contributed by atoms with Gasteiger partial charge in [-0.2, -0.15) is 5.10 Å². The van der Waals surface area contributed by atoms with E-state index in [1.54, 1.807) is 24.5 Å². The molecule has 2 aromatic heterocycles. The number of aryl methyl sites for hydroxylation is 1. The minimum Gasteiger partial charge on any atom is -0.487 e. The summed E-state index contributed by atoms with van der Waals surface area (Å²) in [4.78, 5) is 19.4. The number of nitrogens with one attached hydrogen (secondary N) is 2. The van der Waals surface area contributed by atoms with Crippen molar-refractivity contribution in [2.75, 3.05) is 25.0 Å². The molecule has 3 N–H and O–H groups in total. The number of aliphatic hydroxyl groups is 1. The normalized spacial score (nSPS) is 16.9. The predicted octanol–water partition coefficient (Wildman–Crippen LogP) is 3.60. The molecule has 9 heteroatoms. The van der Waals surface area contributed by atoms with Gasteiger partial charge in [-0.25, -0.2) is 4.98 Å². The van der Waals surface area contributed by atoms with E-state index < -0.39 is 6.10 Å². The number of aliphatic hydroxyl groups excluding tert-OH is 1. The van der Waals surface area contributed by atoms with Gasteiger partial charge in [-0.15, -0.1) is 0 Å². The lowest BCUT2D eigenvalue weighted by Gasteiger charge is -2.31. The summed E-state index contributed by atoms with van der Waals surface area (Å²) in [5.41, 5.74) is 5.35. The molecule has 3 heterocycles. The SMILES string of the molecule is Cc1c(OCc2ccnn2C)ccc2c1CCN(C[C@@H](O)CNC(=O)c1ccnc(NC3CCCCC3)c1)C2. The van der Waals surface area contributed by atoms with E-state index in [1.165, 1.54) is 36.0 Å². The maximum atomic E-state index is 12.8. The third-order valence-corrected chi connectivity index (χ3v) is 7.96. The van der Waals surface area contributed by atoms with Gasteiger partial charge in [-0.1, -0.05) is 25.3 Å². The molecule has 1 fully saturated rings. The Labute approximate surface area is 230 Å². The van der Waals surface area contributed by atoms with Crippen molar-refractivity contribution in [3.8, 4) is 5.75 Å². The van der Waals surface area contributed by atoms with Crippen LogP contribution in [-0.4, -0.2) is 62.5 Å². The first-order valence-electron chi connectivity index (χ1n) is 14.1. The Balaban J connectivity index is 1.09. The minimum atomic E-state index is -0.653. The van der Waals surface area contributed by atoms with E-state index in [-0.39, 0.29) is 12.5 Å².